The number of fused-ring (bicyclic) bond motifs is 1. The molecule has 1 amide bonds. The Labute approximate surface area is 186 Å². The molecule has 1 aromatic heterocycles. The summed E-state index contributed by atoms with van der Waals surface area (Å²) in [4.78, 5) is 22.2. The van der Waals surface area contributed by atoms with E-state index in [0.717, 1.165) is 40.4 Å². The van der Waals surface area contributed by atoms with Gasteiger partial charge in [-0.3, -0.25) is 4.79 Å². The molecule has 0 bridgehead atoms. The van der Waals surface area contributed by atoms with Crippen LogP contribution in [0.1, 0.15) is 21.5 Å². The first-order valence-corrected chi connectivity index (χ1v) is 11.5. The van der Waals surface area contributed by atoms with E-state index in [2.05, 4.69) is 43.0 Å². The van der Waals surface area contributed by atoms with E-state index in [9.17, 15) is 4.79 Å². The van der Waals surface area contributed by atoms with Gasteiger partial charge in [0.05, 0.1) is 10.2 Å². The molecule has 156 valence electrons. The molecule has 4 nitrogen and oxygen atoms in total. The van der Waals surface area contributed by atoms with Crippen LogP contribution in [-0.2, 0) is 0 Å². The Morgan fingerprint density at radius 2 is 1.55 bits per heavy atom. The minimum atomic E-state index is 0.107. The fourth-order valence-corrected chi connectivity index (χ4v) is 5.41. The standard InChI is InChI=1S/C26H25N3OS/c1-18-16-19(2)24-23(17-18)31-26(27-24)29-14-12-28(13-15-29)25(30)22-10-8-21(9-11-22)20-6-4-3-5-7-20/h3-11,16-17H,12-15H2,1-2H3. The summed E-state index contributed by atoms with van der Waals surface area (Å²) in [5.74, 6) is 0.107. The van der Waals surface area contributed by atoms with Gasteiger partial charge in [-0.15, -0.1) is 0 Å². The molecule has 5 heteroatoms. The predicted molar refractivity (Wildman–Crippen MR) is 129 cm³/mol. The van der Waals surface area contributed by atoms with Gasteiger partial charge in [-0.2, -0.15) is 0 Å². The second-order valence-electron chi connectivity index (χ2n) is 8.15. The van der Waals surface area contributed by atoms with Gasteiger partial charge in [-0.1, -0.05) is 59.9 Å². The second-order valence-corrected chi connectivity index (χ2v) is 9.16. The highest BCUT2D eigenvalue weighted by Gasteiger charge is 2.24. The first-order valence-electron chi connectivity index (χ1n) is 10.7. The number of rotatable bonds is 3. The van der Waals surface area contributed by atoms with Gasteiger partial charge in [0.1, 0.15) is 0 Å². The van der Waals surface area contributed by atoms with E-state index >= 15 is 0 Å². The Bertz CT molecular complexity index is 1220. The molecule has 0 saturated carbocycles. The lowest BCUT2D eigenvalue weighted by Crippen LogP contribution is -2.48. The molecular weight excluding hydrogens is 402 g/mol. The van der Waals surface area contributed by atoms with Crippen LogP contribution in [0.2, 0.25) is 0 Å². The van der Waals surface area contributed by atoms with Crippen LogP contribution in [0, 0.1) is 13.8 Å². The van der Waals surface area contributed by atoms with Crippen LogP contribution in [0.15, 0.2) is 66.7 Å². The third-order valence-electron chi connectivity index (χ3n) is 5.89. The third kappa shape index (κ3) is 3.93. The number of aryl methyl sites for hydroxylation is 2. The number of amides is 1. The smallest absolute Gasteiger partial charge is 0.253 e. The van der Waals surface area contributed by atoms with Crippen molar-refractivity contribution in [2.75, 3.05) is 31.1 Å². The number of hydrogen-bond acceptors (Lipinski definition) is 4. The zero-order chi connectivity index (χ0) is 21.4. The lowest BCUT2D eigenvalue weighted by molar-refractivity contribution is 0.0747. The minimum absolute atomic E-state index is 0.107. The van der Waals surface area contributed by atoms with Crippen molar-refractivity contribution in [2.24, 2.45) is 0 Å². The summed E-state index contributed by atoms with van der Waals surface area (Å²) in [5, 5.41) is 1.06. The summed E-state index contributed by atoms with van der Waals surface area (Å²) < 4.78 is 1.24. The monoisotopic (exact) mass is 427 g/mol. The molecule has 0 spiro atoms. The van der Waals surface area contributed by atoms with Crippen LogP contribution in [0.5, 0.6) is 0 Å². The van der Waals surface area contributed by atoms with Gasteiger partial charge < -0.3 is 9.80 Å². The van der Waals surface area contributed by atoms with Gasteiger partial charge in [-0.05, 0) is 54.3 Å². The second kappa shape index (κ2) is 8.16. The zero-order valence-electron chi connectivity index (χ0n) is 17.8. The molecule has 31 heavy (non-hydrogen) atoms. The van der Waals surface area contributed by atoms with Crippen LogP contribution in [-0.4, -0.2) is 42.0 Å². The van der Waals surface area contributed by atoms with E-state index in [0.29, 0.717) is 13.1 Å². The summed E-state index contributed by atoms with van der Waals surface area (Å²) in [5.41, 5.74) is 6.64. The molecule has 5 rings (SSSR count). The topological polar surface area (TPSA) is 36.4 Å². The van der Waals surface area contributed by atoms with Crippen molar-refractivity contribution < 1.29 is 4.79 Å². The number of aromatic nitrogens is 1. The SMILES string of the molecule is Cc1cc(C)c2nc(N3CCN(C(=O)c4ccc(-c5ccccc5)cc4)CC3)sc2c1. The summed E-state index contributed by atoms with van der Waals surface area (Å²) in [6, 6.07) is 22.6. The summed E-state index contributed by atoms with van der Waals surface area (Å²) in [6.07, 6.45) is 0. The molecule has 0 unspecified atom stereocenters. The first kappa shape index (κ1) is 19.8. The van der Waals surface area contributed by atoms with Gasteiger partial charge in [0.25, 0.3) is 5.91 Å². The number of anilines is 1. The van der Waals surface area contributed by atoms with Crippen molar-refractivity contribution >= 4 is 32.6 Å². The van der Waals surface area contributed by atoms with Crippen molar-refractivity contribution in [1.29, 1.82) is 0 Å². The van der Waals surface area contributed by atoms with E-state index in [1.165, 1.54) is 15.8 Å². The average molecular weight is 428 g/mol. The Morgan fingerprint density at radius 3 is 2.26 bits per heavy atom. The fourth-order valence-electron chi connectivity index (χ4n) is 4.21. The quantitative estimate of drug-likeness (QED) is 0.431. The first-order chi connectivity index (χ1) is 15.1. The number of hydrogen-bond donors (Lipinski definition) is 0. The summed E-state index contributed by atoms with van der Waals surface area (Å²) in [6.45, 7) is 7.30. The molecule has 0 aliphatic carbocycles. The highest BCUT2D eigenvalue weighted by molar-refractivity contribution is 7.22. The molecule has 1 saturated heterocycles. The number of carbonyl (C=O) groups is 1. The number of piperazine rings is 1. The number of thiazole rings is 1. The molecule has 2 heterocycles. The molecular formula is C26H25N3OS. The van der Waals surface area contributed by atoms with Gasteiger partial charge >= 0.3 is 0 Å². The minimum Gasteiger partial charge on any atom is -0.345 e. The van der Waals surface area contributed by atoms with E-state index in [4.69, 9.17) is 4.98 Å². The van der Waals surface area contributed by atoms with Crippen LogP contribution < -0.4 is 4.90 Å². The third-order valence-corrected chi connectivity index (χ3v) is 6.96. The molecule has 0 radical (unpaired) electrons. The molecule has 1 fully saturated rings. The highest BCUT2D eigenvalue weighted by atomic mass is 32.1. The van der Waals surface area contributed by atoms with Gasteiger partial charge in [0.2, 0.25) is 0 Å². The van der Waals surface area contributed by atoms with Gasteiger partial charge in [0.15, 0.2) is 5.13 Å². The van der Waals surface area contributed by atoms with E-state index in [1.54, 1.807) is 11.3 Å². The maximum absolute atomic E-state index is 13.0. The van der Waals surface area contributed by atoms with Crippen LogP contribution in [0.25, 0.3) is 21.3 Å². The van der Waals surface area contributed by atoms with Crippen LogP contribution in [0.3, 0.4) is 0 Å². The Hall–Kier alpha value is -3.18. The Morgan fingerprint density at radius 1 is 0.871 bits per heavy atom. The normalized spacial score (nSPS) is 14.3. The van der Waals surface area contributed by atoms with E-state index in [1.807, 2.05) is 47.4 Å². The van der Waals surface area contributed by atoms with E-state index in [-0.39, 0.29) is 5.91 Å². The van der Waals surface area contributed by atoms with Crippen molar-refractivity contribution in [1.82, 2.24) is 9.88 Å². The van der Waals surface area contributed by atoms with E-state index < -0.39 is 0 Å². The van der Waals surface area contributed by atoms with Crippen LogP contribution >= 0.6 is 11.3 Å². The summed E-state index contributed by atoms with van der Waals surface area (Å²) in [7, 11) is 0. The van der Waals surface area contributed by atoms with Crippen molar-refractivity contribution in [3.63, 3.8) is 0 Å². The summed E-state index contributed by atoms with van der Waals surface area (Å²) >= 11 is 1.75. The predicted octanol–water partition coefficient (Wildman–Crippen LogP) is 5.54. The average Bonchev–Trinajstić information content (AvgIpc) is 3.24. The number of benzene rings is 3. The van der Waals surface area contributed by atoms with Crippen LogP contribution in [0.4, 0.5) is 5.13 Å². The molecule has 1 aliphatic rings. The van der Waals surface area contributed by atoms with Crippen molar-refractivity contribution in [3.05, 3.63) is 83.4 Å². The molecule has 0 N–H and O–H groups in total. The van der Waals surface area contributed by atoms with Crippen molar-refractivity contribution in [3.8, 4) is 11.1 Å². The lowest BCUT2D eigenvalue weighted by atomic mass is 10.0. The molecule has 1 aliphatic heterocycles. The van der Waals surface area contributed by atoms with Crippen molar-refractivity contribution in [2.45, 2.75) is 13.8 Å². The van der Waals surface area contributed by atoms with Gasteiger partial charge in [0, 0.05) is 31.7 Å². The largest absolute Gasteiger partial charge is 0.345 e. The zero-order valence-corrected chi connectivity index (χ0v) is 18.7. The highest BCUT2D eigenvalue weighted by Crippen LogP contribution is 2.32. The Kier molecular flexibility index (Phi) is 5.20. The molecule has 0 atom stereocenters. The maximum atomic E-state index is 13.0. The number of carbonyl (C=O) groups excluding carboxylic acids is 1. The maximum Gasteiger partial charge on any atom is 0.253 e. The number of nitrogens with zero attached hydrogens (tertiary/aromatic N) is 3. The molecule has 3 aromatic carbocycles. The Balaban J connectivity index is 1.26. The molecule has 4 aromatic rings. The van der Waals surface area contributed by atoms with Gasteiger partial charge in [-0.25, -0.2) is 4.98 Å². The fraction of sp³-hybridized carbons (Fsp3) is 0.231. The lowest BCUT2D eigenvalue weighted by Gasteiger charge is -2.34.